The van der Waals surface area contributed by atoms with E-state index in [1.54, 1.807) is 0 Å². The molecule has 0 heterocycles. The van der Waals surface area contributed by atoms with Crippen molar-refractivity contribution in [3.05, 3.63) is 12.3 Å². The Morgan fingerprint density at radius 2 is 2.27 bits per heavy atom. The molecule has 0 bridgehead atoms. The van der Waals surface area contributed by atoms with Crippen LogP contribution in [0.4, 0.5) is 0 Å². The summed E-state index contributed by atoms with van der Waals surface area (Å²) in [7, 11) is 0. The first-order valence-electron chi connectivity index (χ1n) is 4.08. The van der Waals surface area contributed by atoms with Crippen molar-refractivity contribution in [2.75, 3.05) is 0 Å². The largest absolute Gasteiger partial charge is 0.239 e. The smallest absolute Gasteiger partial charge is 0.211 e. The Kier molecular flexibility index (Phi) is 6.65. The standard InChI is InChI=1S/C9H15NO/c1-3-5-9(4-2)6-7-10-8-11/h6-7,9H,3-5H2,1-2H3/b7-6+. The van der Waals surface area contributed by atoms with Crippen LogP contribution in [0, 0.1) is 5.92 Å². The van der Waals surface area contributed by atoms with Crippen LogP contribution in [0.2, 0.25) is 0 Å². The van der Waals surface area contributed by atoms with Crippen molar-refractivity contribution in [2.45, 2.75) is 33.1 Å². The summed E-state index contributed by atoms with van der Waals surface area (Å²) in [5.41, 5.74) is 0. The second-order valence-electron chi connectivity index (χ2n) is 2.52. The number of rotatable bonds is 5. The van der Waals surface area contributed by atoms with Gasteiger partial charge in [-0.15, -0.1) is 0 Å². The van der Waals surface area contributed by atoms with Gasteiger partial charge >= 0.3 is 0 Å². The van der Waals surface area contributed by atoms with Gasteiger partial charge in [0, 0.05) is 6.20 Å². The molecule has 0 aromatic carbocycles. The lowest BCUT2D eigenvalue weighted by Crippen LogP contribution is -1.91. The molecule has 2 nitrogen and oxygen atoms in total. The predicted octanol–water partition coefficient (Wildman–Crippen LogP) is 2.66. The van der Waals surface area contributed by atoms with Crippen molar-refractivity contribution < 1.29 is 4.79 Å². The van der Waals surface area contributed by atoms with Crippen LogP contribution in [0.3, 0.4) is 0 Å². The molecule has 1 atom stereocenters. The van der Waals surface area contributed by atoms with Crippen LogP contribution in [0.15, 0.2) is 17.3 Å². The van der Waals surface area contributed by atoms with Crippen molar-refractivity contribution in [1.29, 1.82) is 0 Å². The van der Waals surface area contributed by atoms with E-state index in [2.05, 4.69) is 18.8 Å². The minimum absolute atomic E-state index is 0.567. The molecule has 1 unspecified atom stereocenters. The van der Waals surface area contributed by atoms with E-state index in [9.17, 15) is 4.79 Å². The van der Waals surface area contributed by atoms with E-state index in [0.717, 1.165) is 6.42 Å². The first-order chi connectivity index (χ1) is 5.35. The second-order valence-corrected chi connectivity index (χ2v) is 2.52. The van der Waals surface area contributed by atoms with Crippen molar-refractivity contribution in [3.63, 3.8) is 0 Å². The Balaban J connectivity index is 3.75. The third-order valence-electron chi connectivity index (χ3n) is 1.67. The molecule has 2 heteroatoms. The van der Waals surface area contributed by atoms with Crippen LogP contribution in [0.5, 0.6) is 0 Å². The van der Waals surface area contributed by atoms with Crippen molar-refractivity contribution in [1.82, 2.24) is 0 Å². The predicted molar refractivity (Wildman–Crippen MR) is 46.0 cm³/mol. The Hall–Kier alpha value is -0.880. The molecule has 0 aliphatic rings. The van der Waals surface area contributed by atoms with Gasteiger partial charge in [0.15, 0.2) is 0 Å². The minimum atomic E-state index is 0.567. The van der Waals surface area contributed by atoms with E-state index in [1.807, 2.05) is 6.08 Å². The summed E-state index contributed by atoms with van der Waals surface area (Å²) in [6.45, 7) is 4.29. The van der Waals surface area contributed by atoms with Gasteiger partial charge in [0.05, 0.1) is 0 Å². The minimum Gasteiger partial charge on any atom is -0.211 e. The molecular weight excluding hydrogens is 138 g/mol. The molecule has 0 rings (SSSR count). The van der Waals surface area contributed by atoms with E-state index in [0.29, 0.717) is 5.92 Å². The van der Waals surface area contributed by atoms with Crippen molar-refractivity contribution in [3.8, 4) is 0 Å². The molecular formula is C9H15NO. The van der Waals surface area contributed by atoms with Crippen LogP contribution in [0.1, 0.15) is 33.1 Å². The maximum absolute atomic E-state index is 9.69. The highest BCUT2D eigenvalue weighted by Gasteiger charge is 1.97. The highest BCUT2D eigenvalue weighted by atomic mass is 16.1. The van der Waals surface area contributed by atoms with E-state index in [-0.39, 0.29) is 0 Å². The number of aliphatic imine (C=N–C) groups is 1. The van der Waals surface area contributed by atoms with Crippen molar-refractivity contribution in [2.24, 2.45) is 10.9 Å². The molecule has 0 aliphatic carbocycles. The Labute approximate surface area is 68.0 Å². The number of allylic oxidation sites excluding steroid dienone is 1. The van der Waals surface area contributed by atoms with E-state index >= 15 is 0 Å². The number of carbonyl (C=O) groups excluding carboxylic acids is 1. The van der Waals surface area contributed by atoms with Crippen molar-refractivity contribution >= 4 is 6.08 Å². The Bertz CT molecular complexity index is 157. The monoisotopic (exact) mass is 153 g/mol. The van der Waals surface area contributed by atoms with Gasteiger partial charge in [-0.1, -0.05) is 26.3 Å². The first kappa shape index (κ1) is 10.1. The fourth-order valence-corrected chi connectivity index (χ4v) is 1.00. The normalized spacial score (nSPS) is 12.9. The number of isocyanates is 1. The number of nitrogens with zero attached hydrogens (tertiary/aromatic N) is 1. The quantitative estimate of drug-likeness (QED) is 0.441. The third kappa shape index (κ3) is 5.56. The lowest BCUT2D eigenvalue weighted by Gasteiger charge is -2.05. The highest BCUT2D eigenvalue weighted by molar-refractivity contribution is 5.34. The molecule has 0 N–H and O–H groups in total. The van der Waals surface area contributed by atoms with Gasteiger partial charge in [0.25, 0.3) is 0 Å². The summed E-state index contributed by atoms with van der Waals surface area (Å²) in [6.07, 6.45) is 8.43. The summed E-state index contributed by atoms with van der Waals surface area (Å²) < 4.78 is 0. The summed E-state index contributed by atoms with van der Waals surface area (Å²) >= 11 is 0. The number of hydrogen-bond acceptors (Lipinski definition) is 2. The van der Waals surface area contributed by atoms with E-state index in [4.69, 9.17) is 0 Å². The zero-order valence-corrected chi connectivity index (χ0v) is 7.21. The maximum atomic E-state index is 9.69. The fraction of sp³-hybridized carbons (Fsp3) is 0.667. The van der Waals surface area contributed by atoms with Gasteiger partial charge in [-0.05, 0) is 18.8 Å². The summed E-state index contributed by atoms with van der Waals surface area (Å²) in [5, 5.41) is 0. The van der Waals surface area contributed by atoms with Crippen LogP contribution in [-0.2, 0) is 4.79 Å². The SMILES string of the molecule is CCCC(/C=C/N=C=O)CC. The zero-order chi connectivity index (χ0) is 8.53. The van der Waals surface area contributed by atoms with Crippen LogP contribution in [-0.4, -0.2) is 6.08 Å². The molecule has 0 aromatic heterocycles. The van der Waals surface area contributed by atoms with Crippen LogP contribution >= 0.6 is 0 Å². The zero-order valence-electron chi connectivity index (χ0n) is 7.21. The molecule has 0 aliphatic heterocycles. The average Bonchev–Trinajstić information content (AvgIpc) is 2.03. The van der Waals surface area contributed by atoms with E-state index in [1.165, 1.54) is 25.1 Å². The molecule has 0 amide bonds. The third-order valence-corrected chi connectivity index (χ3v) is 1.67. The molecule has 0 radical (unpaired) electrons. The maximum Gasteiger partial charge on any atom is 0.239 e. The molecule has 62 valence electrons. The fourth-order valence-electron chi connectivity index (χ4n) is 1.00. The number of hydrogen-bond donors (Lipinski definition) is 0. The summed E-state index contributed by atoms with van der Waals surface area (Å²) in [5.74, 6) is 0.567. The van der Waals surface area contributed by atoms with Crippen LogP contribution < -0.4 is 0 Å². The topological polar surface area (TPSA) is 29.4 Å². The van der Waals surface area contributed by atoms with Gasteiger partial charge in [0.2, 0.25) is 6.08 Å². The highest BCUT2D eigenvalue weighted by Crippen LogP contribution is 2.11. The lowest BCUT2D eigenvalue weighted by molar-refractivity contribution is 0.559. The second kappa shape index (κ2) is 7.23. The molecule has 0 aromatic rings. The Morgan fingerprint density at radius 1 is 1.55 bits per heavy atom. The van der Waals surface area contributed by atoms with Gasteiger partial charge < -0.3 is 0 Å². The molecule has 11 heavy (non-hydrogen) atoms. The van der Waals surface area contributed by atoms with Crippen LogP contribution in [0.25, 0.3) is 0 Å². The molecule has 0 spiro atoms. The first-order valence-corrected chi connectivity index (χ1v) is 4.08. The molecule has 0 saturated carbocycles. The van der Waals surface area contributed by atoms with E-state index < -0.39 is 0 Å². The average molecular weight is 153 g/mol. The molecule has 0 saturated heterocycles. The van der Waals surface area contributed by atoms with Gasteiger partial charge in [-0.25, -0.2) is 4.79 Å². The van der Waals surface area contributed by atoms with Gasteiger partial charge in [-0.3, -0.25) is 0 Å². The Morgan fingerprint density at radius 3 is 2.73 bits per heavy atom. The lowest BCUT2D eigenvalue weighted by atomic mass is 10.0. The summed E-state index contributed by atoms with van der Waals surface area (Å²) in [6, 6.07) is 0. The summed E-state index contributed by atoms with van der Waals surface area (Å²) in [4.78, 5) is 13.0. The molecule has 0 fully saturated rings. The van der Waals surface area contributed by atoms with Gasteiger partial charge in [0.1, 0.15) is 0 Å². The van der Waals surface area contributed by atoms with Gasteiger partial charge in [-0.2, -0.15) is 4.99 Å².